The summed E-state index contributed by atoms with van der Waals surface area (Å²) in [5, 5.41) is 2.81. The molecule has 4 aromatic rings. The second-order valence-corrected chi connectivity index (χ2v) is 9.20. The summed E-state index contributed by atoms with van der Waals surface area (Å²) in [6, 6.07) is 12.8. The minimum atomic E-state index is -0.225. The van der Waals surface area contributed by atoms with Crippen LogP contribution in [0.5, 0.6) is 0 Å². The van der Waals surface area contributed by atoms with Crippen molar-refractivity contribution in [1.29, 1.82) is 0 Å². The number of imidazole rings is 1. The predicted molar refractivity (Wildman–Crippen MR) is 142 cm³/mol. The molecule has 1 fully saturated rings. The number of piperidine rings is 1. The summed E-state index contributed by atoms with van der Waals surface area (Å²) in [5.41, 5.74) is 5.04. The Morgan fingerprint density at radius 3 is 2.62 bits per heavy atom. The molecule has 1 aliphatic rings. The molecule has 8 heteroatoms. The molecule has 1 aliphatic heterocycles. The monoisotopic (exact) mass is 492 g/mol. The van der Waals surface area contributed by atoms with Crippen LogP contribution in [-0.4, -0.2) is 49.2 Å². The Bertz CT molecular complexity index is 1530. The van der Waals surface area contributed by atoms with Gasteiger partial charge < -0.3 is 10.2 Å². The molecule has 5 rings (SSSR count). The van der Waals surface area contributed by atoms with Crippen LogP contribution in [-0.2, 0) is 4.79 Å². The average molecular weight is 493 g/mol. The van der Waals surface area contributed by atoms with E-state index in [2.05, 4.69) is 31.5 Å². The first-order chi connectivity index (χ1) is 18.0. The molecule has 1 unspecified atom stereocenters. The van der Waals surface area contributed by atoms with E-state index in [9.17, 15) is 9.59 Å². The van der Waals surface area contributed by atoms with Crippen molar-refractivity contribution in [3.63, 3.8) is 0 Å². The lowest BCUT2D eigenvalue weighted by molar-refractivity contribution is -0.126. The van der Waals surface area contributed by atoms with Crippen molar-refractivity contribution in [2.45, 2.75) is 39.5 Å². The molecule has 3 aromatic heterocycles. The highest BCUT2D eigenvalue weighted by Crippen LogP contribution is 2.34. The van der Waals surface area contributed by atoms with Gasteiger partial charge >= 0.3 is 0 Å². The Morgan fingerprint density at radius 2 is 1.89 bits per heavy atom. The maximum absolute atomic E-state index is 12.7. The fourth-order valence-electron chi connectivity index (χ4n) is 4.88. The quantitative estimate of drug-likeness (QED) is 0.427. The maximum Gasteiger partial charge on any atom is 0.298 e. The minimum Gasteiger partial charge on any atom is -0.331 e. The van der Waals surface area contributed by atoms with E-state index < -0.39 is 0 Å². The highest BCUT2D eigenvalue weighted by molar-refractivity contribution is 6.04. The lowest BCUT2D eigenvalue weighted by Gasteiger charge is -2.31. The lowest BCUT2D eigenvalue weighted by Crippen LogP contribution is -2.39. The maximum atomic E-state index is 12.7. The normalized spacial score (nSPS) is 15.2. The number of aryl methyl sites for hydroxylation is 2. The molecule has 0 saturated carbocycles. The van der Waals surface area contributed by atoms with E-state index in [-0.39, 0.29) is 17.7 Å². The van der Waals surface area contributed by atoms with Crippen LogP contribution < -0.4 is 5.32 Å². The molecular formula is C29H28N6O2. The molecular weight excluding hydrogens is 464 g/mol. The number of hydrogen-bond acceptors (Lipinski definition) is 5. The summed E-state index contributed by atoms with van der Waals surface area (Å²) in [7, 11) is 0. The average Bonchev–Trinajstić information content (AvgIpc) is 3.34. The Balaban J connectivity index is 1.50. The van der Waals surface area contributed by atoms with Gasteiger partial charge in [0.2, 0.25) is 0 Å². The van der Waals surface area contributed by atoms with Gasteiger partial charge in [-0.05, 0) is 63.8 Å². The van der Waals surface area contributed by atoms with Crippen molar-refractivity contribution in [2.75, 3.05) is 18.4 Å². The van der Waals surface area contributed by atoms with Gasteiger partial charge in [-0.1, -0.05) is 24.1 Å². The van der Waals surface area contributed by atoms with Gasteiger partial charge in [0, 0.05) is 48.2 Å². The second kappa shape index (κ2) is 10.2. The van der Waals surface area contributed by atoms with E-state index in [4.69, 9.17) is 4.98 Å². The minimum absolute atomic E-state index is 0.0847. The number of pyridine rings is 1. The van der Waals surface area contributed by atoms with E-state index in [1.54, 1.807) is 37.4 Å². The van der Waals surface area contributed by atoms with Crippen LogP contribution in [0.1, 0.15) is 53.3 Å². The molecule has 0 bridgehead atoms. The van der Waals surface area contributed by atoms with E-state index in [0.29, 0.717) is 24.5 Å². The van der Waals surface area contributed by atoms with Gasteiger partial charge in [0.25, 0.3) is 11.8 Å². The van der Waals surface area contributed by atoms with Crippen molar-refractivity contribution in [3.8, 4) is 23.1 Å². The molecule has 1 aromatic carbocycles. The van der Waals surface area contributed by atoms with E-state index >= 15 is 0 Å². The Morgan fingerprint density at radius 1 is 1.08 bits per heavy atom. The Labute approximate surface area is 215 Å². The molecule has 0 radical (unpaired) electrons. The summed E-state index contributed by atoms with van der Waals surface area (Å²) >= 11 is 0. The number of carbonyl (C=O) groups excluding carboxylic acids is 2. The zero-order valence-corrected chi connectivity index (χ0v) is 21.2. The number of amides is 2. The van der Waals surface area contributed by atoms with Crippen LogP contribution in [0.4, 0.5) is 5.82 Å². The molecule has 0 aliphatic carbocycles. The zero-order valence-electron chi connectivity index (χ0n) is 21.2. The Hall–Kier alpha value is -4.51. The molecule has 1 saturated heterocycles. The topological polar surface area (TPSA) is 92.5 Å². The fourth-order valence-corrected chi connectivity index (χ4v) is 4.88. The molecule has 0 spiro atoms. The Kier molecular flexibility index (Phi) is 6.69. The number of carbonyl (C=O) groups is 2. The van der Waals surface area contributed by atoms with Gasteiger partial charge in [-0.2, -0.15) is 0 Å². The molecule has 1 N–H and O–H groups in total. The van der Waals surface area contributed by atoms with Gasteiger partial charge in [0.1, 0.15) is 11.6 Å². The molecule has 2 amide bonds. The highest BCUT2D eigenvalue weighted by Gasteiger charge is 2.29. The van der Waals surface area contributed by atoms with Crippen molar-refractivity contribution < 1.29 is 9.59 Å². The van der Waals surface area contributed by atoms with Crippen LogP contribution in [0.2, 0.25) is 0 Å². The number of anilines is 1. The molecule has 4 heterocycles. The third-order valence-electron chi connectivity index (χ3n) is 6.68. The summed E-state index contributed by atoms with van der Waals surface area (Å²) in [6.45, 7) is 6.97. The third-order valence-corrected chi connectivity index (χ3v) is 6.68. The number of fused-ring (bicyclic) bond motifs is 1. The number of aromatic nitrogens is 4. The number of hydrogen-bond donors (Lipinski definition) is 1. The molecule has 1 atom stereocenters. The molecule has 8 nitrogen and oxygen atoms in total. The van der Waals surface area contributed by atoms with Crippen molar-refractivity contribution in [2.24, 2.45) is 0 Å². The fraction of sp³-hybridized carbons (Fsp3) is 0.276. The van der Waals surface area contributed by atoms with E-state index in [1.807, 2.05) is 43.1 Å². The summed E-state index contributed by atoms with van der Waals surface area (Å²) < 4.78 is 2.17. The van der Waals surface area contributed by atoms with Crippen molar-refractivity contribution >= 4 is 23.1 Å². The third kappa shape index (κ3) is 4.81. The van der Waals surface area contributed by atoms with Gasteiger partial charge in [-0.15, -0.1) is 0 Å². The first-order valence-electron chi connectivity index (χ1n) is 12.3. The number of rotatable bonds is 4. The van der Waals surface area contributed by atoms with Crippen LogP contribution in [0.15, 0.2) is 54.9 Å². The summed E-state index contributed by atoms with van der Waals surface area (Å²) in [6.07, 6.45) is 5.33. The summed E-state index contributed by atoms with van der Waals surface area (Å²) in [4.78, 5) is 40.9. The van der Waals surface area contributed by atoms with Gasteiger partial charge in [0.15, 0.2) is 0 Å². The van der Waals surface area contributed by atoms with Crippen molar-refractivity contribution in [3.05, 3.63) is 77.6 Å². The number of benzene rings is 1. The van der Waals surface area contributed by atoms with E-state index in [0.717, 1.165) is 46.8 Å². The smallest absolute Gasteiger partial charge is 0.298 e. The van der Waals surface area contributed by atoms with Crippen LogP contribution in [0.25, 0.3) is 16.8 Å². The van der Waals surface area contributed by atoms with Gasteiger partial charge in [-0.25, -0.2) is 9.97 Å². The van der Waals surface area contributed by atoms with Crippen LogP contribution in [0, 0.1) is 25.7 Å². The standard InChI is InChI=1S/C29H28N6O2/c1-4-8-25(36)34-16-7-9-23(18-34)28-33-26(27-20(3)31-17-19(2)35(27)28)21-11-13-22(14-12-21)29(37)32-24-10-5-6-15-30-24/h5-6,10-15,17,23H,7,9,16,18H2,1-3H3,(H,30,32,37). The lowest BCUT2D eigenvalue weighted by atomic mass is 9.97. The SMILES string of the molecule is CC#CC(=O)N1CCCC(c2nc(-c3ccc(C(=O)Nc4ccccn4)cc3)c3c(C)ncc(C)n23)C1. The number of likely N-dealkylation sites (tertiary alicyclic amines) is 1. The first kappa shape index (κ1) is 24.2. The largest absolute Gasteiger partial charge is 0.331 e. The molecule has 37 heavy (non-hydrogen) atoms. The van der Waals surface area contributed by atoms with Gasteiger partial charge in [0.05, 0.1) is 16.9 Å². The highest BCUT2D eigenvalue weighted by atomic mass is 16.2. The molecule has 186 valence electrons. The van der Waals surface area contributed by atoms with E-state index in [1.165, 1.54) is 0 Å². The van der Waals surface area contributed by atoms with Crippen LogP contribution in [0.3, 0.4) is 0 Å². The predicted octanol–water partition coefficient (Wildman–Crippen LogP) is 4.39. The second-order valence-electron chi connectivity index (χ2n) is 9.20. The van der Waals surface area contributed by atoms with Gasteiger partial charge in [-0.3, -0.25) is 19.0 Å². The number of nitrogens with zero attached hydrogens (tertiary/aromatic N) is 5. The summed E-state index contributed by atoms with van der Waals surface area (Å²) in [5.74, 6) is 6.53. The van der Waals surface area contributed by atoms with Crippen molar-refractivity contribution in [1.82, 2.24) is 24.3 Å². The number of nitrogens with one attached hydrogen (secondary N) is 1. The first-order valence-corrected chi connectivity index (χ1v) is 12.3. The van der Waals surface area contributed by atoms with Crippen LogP contribution >= 0.6 is 0 Å². The zero-order chi connectivity index (χ0) is 25.9.